The largest absolute Gasteiger partial charge is 0.357 e. The van der Waals surface area contributed by atoms with Crippen molar-refractivity contribution in [3.8, 4) is 17.1 Å². The van der Waals surface area contributed by atoms with Crippen molar-refractivity contribution >= 4 is 35.0 Å². The van der Waals surface area contributed by atoms with Gasteiger partial charge in [0.05, 0.1) is 17.2 Å². The number of aldehydes is 1. The second-order valence-corrected chi connectivity index (χ2v) is 7.07. The summed E-state index contributed by atoms with van der Waals surface area (Å²) >= 11 is 0. The van der Waals surface area contributed by atoms with Crippen LogP contribution >= 0.6 is 0 Å². The van der Waals surface area contributed by atoms with Gasteiger partial charge in [0.25, 0.3) is 0 Å². The van der Waals surface area contributed by atoms with Gasteiger partial charge in [-0.2, -0.15) is 20.1 Å². The SMILES string of the molecule is CNc1nc(C)nc(-n2c(Nc3ccn[nH]3)nc3ccc(-c4ccc(C=O)cc4)cc32)n1. The first-order chi connectivity index (χ1) is 15.6. The highest BCUT2D eigenvalue weighted by Crippen LogP contribution is 2.30. The van der Waals surface area contributed by atoms with Crippen molar-refractivity contribution in [3.05, 3.63) is 66.1 Å². The van der Waals surface area contributed by atoms with Crippen molar-refractivity contribution in [2.45, 2.75) is 6.92 Å². The number of H-pyrrole nitrogens is 1. The van der Waals surface area contributed by atoms with Crippen molar-refractivity contribution in [3.63, 3.8) is 0 Å². The molecule has 0 aliphatic rings. The molecule has 0 bridgehead atoms. The molecule has 0 amide bonds. The first-order valence-corrected chi connectivity index (χ1v) is 9.90. The van der Waals surface area contributed by atoms with Crippen LogP contribution in [0.3, 0.4) is 0 Å². The zero-order chi connectivity index (χ0) is 22.1. The Bertz CT molecular complexity index is 1410. The third-order valence-corrected chi connectivity index (χ3v) is 4.94. The number of carbonyl (C=O) groups is 1. The number of carbonyl (C=O) groups excluding carboxylic acids is 1. The molecule has 0 atom stereocenters. The molecule has 0 aliphatic heterocycles. The van der Waals surface area contributed by atoms with Crippen molar-refractivity contribution in [1.29, 1.82) is 0 Å². The first-order valence-electron chi connectivity index (χ1n) is 9.90. The van der Waals surface area contributed by atoms with E-state index in [0.717, 1.165) is 28.4 Å². The van der Waals surface area contributed by atoms with E-state index >= 15 is 0 Å². The number of benzene rings is 2. The fourth-order valence-electron chi connectivity index (χ4n) is 3.42. The highest BCUT2D eigenvalue weighted by molar-refractivity contribution is 5.87. The third-order valence-electron chi connectivity index (χ3n) is 4.94. The Morgan fingerprint density at radius 1 is 0.969 bits per heavy atom. The van der Waals surface area contributed by atoms with Gasteiger partial charge >= 0.3 is 0 Å². The molecule has 3 aromatic heterocycles. The predicted octanol–water partition coefficient (Wildman–Crippen LogP) is 3.51. The minimum Gasteiger partial charge on any atom is -0.357 e. The molecular formula is C22H19N9O. The summed E-state index contributed by atoms with van der Waals surface area (Å²) in [5.74, 6) is 2.69. The number of hydrogen-bond acceptors (Lipinski definition) is 8. The molecule has 158 valence electrons. The summed E-state index contributed by atoms with van der Waals surface area (Å²) in [6.07, 6.45) is 2.49. The van der Waals surface area contributed by atoms with E-state index in [1.54, 1.807) is 31.4 Å². The maximum atomic E-state index is 11.0. The molecule has 5 aromatic rings. The number of imidazole rings is 1. The van der Waals surface area contributed by atoms with Crippen LogP contribution < -0.4 is 10.6 Å². The number of aromatic amines is 1. The van der Waals surface area contributed by atoms with Gasteiger partial charge in [-0.25, -0.2) is 9.55 Å². The Balaban J connectivity index is 1.71. The van der Waals surface area contributed by atoms with Gasteiger partial charge in [-0.3, -0.25) is 9.89 Å². The molecule has 2 aromatic carbocycles. The maximum Gasteiger partial charge on any atom is 0.242 e. The van der Waals surface area contributed by atoms with Crippen LogP contribution in [0.1, 0.15) is 16.2 Å². The monoisotopic (exact) mass is 425 g/mol. The molecule has 3 heterocycles. The Morgan fingerprint density at radius 3 is 2.50 bits per heavy atom. The van der Waals surface area contributed by atoms with E-state index in [2.05, 4.69) is 35.8 Å². The summed E-state index contributed by atoms with van der Waals surface area (Å²) < 4.78 is 1.84. The first kappa shape index (κ1) is 19.4. The summed E-state index contributed by atoms with van der Waals surface area (Å²) in [7, 11) is 1.76. The van der Waals surface area contributed by atoms with Crippen molar-refractivity contribution in [2.75, 3.05) is 17.7 Å². The number of hydrogen-bond donors (Lipinski definition) is 3. The number of nitrogens with one attached hydrogen (secondary N) is 3. The van der Waals surface area contributed by atoms with Crippen LogP contribution in [-0.2, 0) is 0 Å². The number of aryl methyl sites for hydroxylation is 1. The number of anilines is 3. The van der Waals surface area contributed by atoms with E-state index < -0.39 is 0 Å². The van der Waals surface area contributed by atoms with E-state index in [9.17, 15) is 4.79 Å². The topological polar surface area (TPSA) is 126 Å². The predicted molar refractivity (Wildman–Crippen MR) is 121 cm³/mol. The summed E-state index contributed by atoms with van der Waals surface area (Å²) in [5.41, 5.74) is 4.17. The molecule has 0 fully saturated rings. The molecule has 0 unspecified atom stereocenters. The van der Waals surface area contributed by atoms with Gasteiger partial charge in [0.2, 0.25) is 17.8 Å². The van der Waals surface area contributed by atoms with Gasteiger partial charge in [0.1, 0.15) is 17.9 Å². The van der Waals surface area contributed by atoms with Crippen LogP contribution in [0.2, 0.25) is 0 Å². The lowest BCUT2D eigenvalue weighted by Crippen LogP contribution is -2.10. The molecule has 0 spiro atoms. The van der Waals surface area contributed by atoms with Crippen LogP contribution in [0.25, 0.3) is 28.1 Å². The van der Waals surface area contributed by atoms with Crippen molar-refractivity contribution in [1.82, 2.24) is 34.7 Å². The van der Waals surface area contributed by atoms with Crippen molar-refractivity contribution < 1.29 is 4.79 Å². The van der Waals surface area contributed by atoms with E-state index in [-0.39, 0.29) is 0 Å². The molecule has 0 aliphatic carbocycles. The minimum absolute atomic E-state index is 0.430. The molecule has 0 radical (unpaired) electrons. The lowest BCUT2D eigenvalue weighted by molar-refractivity contribution is 0.112. The zero-order valence-corrected chi connectivity index (χ0v) is 17.4. The normalized spacial score (nSPS) is 10.9. The standard InChI is InChI=1S/C22H19N9O/c1-13-25-20(23-2)29-21(26-13)31-18-11-16(15-5-3-14(12-32)4-6-15)7-8-17(18)27-22(31)28-19-9-10-24-30-19/h3-12H,1-2H3,(H,23,25,26,29)(H2,24,27,28,30). The number of nitrogens with zero attached hydrogens (tertiary/aromatic N) is 6. The van der Waals surface area contributed by atoms with E-state index in [1.165, 1.54) is 0 Å². The number of fused-ring (bicyclic) bond motifs is 1. The highest BCUT2D eigenvalue weighted by atomic mass is 16.1. The number of rotatable bonds is 6. The molecule has 5 rings (SSSR count). The van der Waals surface area contributed by atoms with E-state index in [4.69, 9.17) is 4.98 Å². The summed E-state index contributed by atoms with van der Waals surface area (Å²) in [6.45, 7) is 1.81. The summed E-state index contributed by atoms with van der Waals surface area (Å²) in [5, 5.41) is 13.1. The second-order valence-electron chi connectivity index (χ2n) is 7.07. The van der Waals surface area contributed by atoms with E-state index in [1.807, 2.05) is 41.8 Å². The zero-order valence-electron chi connectivity index (χ0n) is 17.4. The minimum atomic E-state index is 0.430. The maximum absolute atomic E-state index is 11.0. The quantitative estimate of drug-likeness (QED) is 0.353. The van der Waals surface area contributed by atoms with Crippen LogP contribution in [0.4, 0.5) is 17.7 Å². The van der Waals surface area contributed by atoms with E-state index in [0.29, 0.717) is 35.1 Å². The van der Waals surface area contributed by atoms with Gasteiger partial charge in [0.15, 0.2) is 0 Å². The van der Waals surface area contributed by atoms with Crippen LogP contribution in [0.15, 0.2) is 54.7 Å². The smallest absolute Gasteiger partial charge is 0.242 e. The van der Waals surface area contributed by atoms with Gasteiger partial charge < -0.3 is 10.6 Å². The number of aromatic nitrogens is 7. The average molecular weight is 425 g/mol. The Kier molecular flexibility index (Phi) is 4.79. The second kappa shape index (κ2) is 7.91. The van der Waals surface area contributed by atoms with Crippen LogP contribution in [-0.4, -0.2) is 48.0 Å². The highest BCUT2D eigenvalue weighted by Gasteiger charge is 2.17. The van der Waals surface area contributed by atoms with Crippen molar-refractivity contribution in [2.24, 2.45) is 0 Å². The summed E-state index contributed by atoms with van der Waals surface area (Å²) in [6, 6.07) is 15.2. The Labute approximate surface area is 182 Å². The summed E-state index contributed by atoms with van der Waals surface area (Å²) in [4.78, 5) is 29.1. The van der Waals surface area contributed by atoms with Gasteiger partial charge in [-0.1, -0.05) is 30.3 Å². The molecule has 3 N–H and O–H groups in total. The molecule has 0 saturated carbocycles. The van der Waals surface area contributed by atoms with Gasteiger partial charge in [0, 0.05) is 18.7 Å². The van der Waals surface area contributed by atoms with Gasteiger partial charge in [-0.15, -0.1) is 0 Å². The lowest BCUT2D eigenvalue weighted by Gasteiger charge is -2.10. The van der Waals surface area contributed by atoms with Crippen LogP contribution in [0, 0.1) is 6.92 Å². The molecule has 10 nitrogen and oxygen atoms in total. The fraction of sp³-hybridized carbons (Fsp3) is 0.0909. The molecule has 10 heteroatoms. The lowest BCUT2D eigenvalue weighted by atomic mass is 10.0. The molecular weight excluding hydrogens is 406 g/mol. The molecule has 32 heavy (non-hydrogen) atoms. The Hall–Kier alpha value is -4.60. The third kappa shape index (κ3) is 3.54. The fourth-order valence-corrected chi connectivity index (χ4v) is 3.42. The van der Waals surface area contributed by atoms with Gasteiger partial charge in [-0.05, 0) is 30.2 Å². The average Bonchev–Trinajstić information content (AvgIpc) is 3.45. The Morgan fingerprint density at radius 2 is 1.78 bits per heavy atom. The van der Waals surface area contributed by atoms with Crippen LogP contribution in [0.5, 0.6) is 0 Å². The molecule has 0 saturated heterocycles.